The van der Waals surface area contributed by atoms with Crippen LogP contribution in [0, 0.1) is 12.5 Å². The maximum Gasteiger partial charge on any atom is 0.171 e. The molecule has 89 valence electrons. The molecule has 0 amide bonds. The number of allylic oxidation sites excluding steroid dienone is 2. The first kappa shape index (κ1) is 10.3. The van der Waals surface area contributed by atoms with Crippen LogP contribution in [0.25, 0.3) is 0 Å². The molecule has 2 aliphatic heterocycles. The molecule has 17 heavy (non-hydrogen) atoms. The second kappa shape index (κ2) is 3.87. The van der Waals surface area contributed by atoms with Gasteiger partial charge in [-0.15, -0.1) is 0 Å². The Bertz CT molecular complexity index is 464. The Kier molecular flexibility index (Phi) is 2.35. The molecule has 0 atom stereocenters. The third-order valence-electron chi connectivity index (χ3n) is 3.02. The van der Waals surface area contributed by atoms with Crippen molar-refractivity contribution in [2.45, 2.75) is 12.8 Å². The fourth-order valence-corrected chi connectivity index (χ4v) is 2.03. The first-order valence-corrected chi connectivity index (χ1v) is 5.62. The molecule has 2 heterocycles. The standard InChI is InChI=1S/C13H13O4/c14-10-3-5-16-7-9(10)13-12(8-1-2-8)11(15)4-6-17-13/h3-5,7-8,14-15H,1-2,6H2. The minimum Gasteiger partial charge on any atom is -0.508 e. The van der Waals surface area contributed by atoms with E-state index in [2.05, 4.69) is 0 Å². The van der Waals surface area contributed by atoms with E-state index < -0.39 is 0 Å². The summed E-state index contributed by atoms with van der Waals surface area (Å²) in [4.78, 5) is 0. The predicted octanol–water partition coefficient (Wildman–Crippen LogP) is 2.64. The Hall–Kier alpha value is -1.84. The summed E-state index contributed by atoms with van der Waals surface area (Å²) in [5.74, 6) is 1.23. The average molecular weight is 233 g/mol. The second-order valence-electron chi connectivity index (χ2n) is 4.27. The highest BCUT2D eigenvalue weighted by Crippen LogP contribution is 2.44. The molecule has 1 fully saturated rings. The van der Waals surface area contributed by atoms with Crippen LogP contribution in [0.5, 0.6) is 0 Å². The van der Waals surface area contributed by atoms with E-state index in [0.717, 1.165) is 18.4 Å². The second-order valence-corrected chi connectivity index (χ2v) is 4.27. The molecule has 0 spiro atoms. The zero-order valence-electron chi connectivity index (χ0n) is 9.22. The molecule has 3 aliphatic rings. The van der Waals surface area contributed by atoms with E-state index in [1.54, 1.807) is 6.08 Å². The molecule has 0 aromatic heterocycles. The molecule has 4 heteroatoms. The lowest BCUT2D eigenvalue weighted by Crippen LogP contribution is -2.13. The molecule has 0 saturated heterocycles. The SMILES string of the molecule is OC1=CCOC(C2=C(O)C=CO[CH]2)=C1C1CC1. The first-order valence-electron chi connectivity index (χ1n) is 5.62. The summed E-state index contributed by atoms with van der Waals surface area (Å²) in [6, 6.07) is 0. The molecule has 0 bridgehead atoms. The molecule has 1 radical (unpaired) electrons. The summed E-state index contributed by atoms with van der Waals surface area (Å²) in [5.41, 5.74) is 1.28. The largest absolute Gasteiger partial charge is 0.508 e. The van der Waals surface area contributed by atoms with Gasteiger partial charge in [-0.3, -0.25) is 0 Å². The van der Waals surface area contributed by atoms with E-state index in [9.17, 15) is 10.2 Å². The van der Waals surface area contributed by atoms with Crippen molar-refractivity contribution >= 4 is 0 Å². The van der Waals surface area contributed by atoms with Crippen molar-refractivity contribution in [2.75, 3.05) is 6.61 Å². The van der Waals surface area contributed by atoms with Crippen LogP contribution in [0.4, 0.5) is 0 Å². The van der Waals surface area contributed by atoms with Crippen LogP contribution in [-0.4, -0.2) is 16.8 Å². The normalized spacial score (nSPS) is 24.4. The molecule has 0 aromatic rings. The van der Waals surface area contributed by atoms with Crippen LogP contribution in [-0.2, 0) is 9.47 Å². The first-order chi connectivity index (χ1) is 8.27. The Morgan fingerprint density at radius 3 is 2.76 bits per heavy atom. The highest BCUT2D eigenvalue weighted by molar-refractivity contribution is 5.49. The van der Waals surface area contributed by atoms with Gasteiger partial charge >= 0.3 is 0 Å². The van der Waals surface area contributed by atoms with Crippen molar-refractivity contribution in [1.82, 2.24) is 0 Å². The van der Waals surface area contributed by atoms with E-state index in [0.29, 0.717) is 23.9 Å². The molecule has 0 aromatic carbocycles. The van der Waals surface area contributed by atoms with Gasteiger partial charge in [0, 0.05) is 11.6 Å². The molecule has 1 aliphatic carbocycles. The molecular formula is C13H13O4. The topological polar surface area (TPSA) is 58.9 Å². The molecule has 2 N–H and O–H groups in total. The van der Waals surface area contributed by atoms with Crippen molar-refractivity contribution in [3.63, 3.8) is 0 Å². The van der Waals surface area contributed by atoms with Gasteiger partial charge in [-0.05, 0) is 24.8 Å². The van der Waals surface area contributed by atoms with Crippen molar-refractivity contribution in [3.05, 3.63) is 53.4 Å². The maximum absolute atomic E-state index is 9.91. The van der Waals surface area contributed by atoms with E-state index in [-0.39, 0.29) is 11.5 Å². The minimum atomic E-state index is 0.0964. The molecule has 4 nitrogen and oxygen atoms in total. The number of aliphatic hydroxyl groups excluding tert-OH is 2. The van der Waals surface area contributed by atoms with Crippen LogP contribution >= 0.6 is 0 Å². The van der Waals surface area contributed by atoms with Gasteiger partial charge in [0.05, 0.1) is 11.8 Å². The zero-order chi connectivity index (χ0) is 11.8. The Morgan fingerprint density at radius 2 is 2.06 bits per heavy atom. The van der Waals surface area contributed by atoms with Gasteiger partial charge in [0.1, 0.15) is 23.9 Å². The monoisotopic (exact) mass is 233 g/mol. The minimum absolute atomic E-state index is 0.0964. The molecule has 0 unspecified atom stereocenters. The number of rotatable bonds is 2. The maximum atomic E-state index is 9.91. The van der Waals surface area contributed by atoms with E-state index in [1.165, 1.54) is 18.9 Å². The van der Waals surface area contributed by atoms with Gasteiger partial charge in [0.2, 0.25) is 0 Å². The van der Waals surface area contributed by atoms with Crippen LogP contribution in [0.3, 0.4) is 0 Å². The van der Waals surface area contributed by atoms with E-state index >= 15 is 0 Å². The summed E-state index contributed by atoms with van der Waals surface area (Å²) in [6.45, 7) is 1.75. The van der Waals surface area contributed by atoms with Crippen molar-refractivity contribution in [3.8, 4) is 0 Å². The highest BCUT2D eigenvalue weighted by Gasteiger charge is 2.35. The summed E-state index contributed by atoms with van der Waals surface area (Å²) in [7, 11) is 0. The Balaban J connectivity index is 2.07. The van der Waals surface area contributed by atoms with Gasteiger partial charge < -0.3 is 19.7 Å². The van der Waals surface area contributed by atoms with Crippen LogP contribution in [0.1, 0.15) is 12.8 Å². The van der Waals surface area contributed by atoms with Crippen molar-refractivity contribution in [1.29, 1.82) is 0 Å². The van der Waals surface area contributed by atoms with Gasteiger partial charge in [-0.1, -0.05) is 0 Å². The van der Waals surface area contributed by atoms with Gasteiger partial charge in [0.25, 0.3) is 0 Å². The van der Waals surface area contributed by atoms with Crippen LogP contribution in [0.15, 0.2) is 46.8 Å². The van der Waals surface area contributed by atoms with Gasteiger partial charge in [-0.25, -0.2) is 0 Å². The fourth-order valence-electron chi connectivity index (χ4n) is 2.03. The fraction of sp³-hybridized carbons (Fsp3) is 0.308. The number of ether oxygens (including phenoxy) is 2. The Labute approximate surface area is 99.2 Å². The third kappa shape index (κ3) is 1.79. The molecular weight excluding hydrogens is 220 g/mol. The lowest BCUT2D eigenvalue weighted by atomic mass is 10.00. The molecule has 3 rings (SSSR count). The van der Waals surface area contributed by atoms with Crippen molar-refractivity contribution in [2.24, 2.45) is 5.92 Å². The summed E-state index contributed by atoms with van der Waals surface area (Å²) >= 11 is 0. The molecule has 1 saturated carbocycles. The summed E-state index contributed by atoms with van der Waals surface area (Å²) < 4.78 is 10.6. The third-order valence-corrected chi connectivity index (χ3v) is 3.02. The predicted molar refractivity (Wildman–Crippen MR) is 60.6 cm³/mol. The summed E-state index contributed by atoms with van der Waals surface area (Å²) in [6.07, 6.45) is 6.60. The van der Waals surface area contributed by atoms with Gasteiger partial charge in [0.15, 0.2) is 6.61 Å². The summed E-state index contributed by atoms with van der Waals surface area (Å²) in [5, 5.41) is 19.7. The Morgan fingerprint density at radius 1 is 1.24 bits per heavy atom. The quantitative estimate of drug-likeness (QED) is 0.769. The van der Waals surface area contributed by atoms with Crippen LogP contribution < -0.4 is 0 Å². The van der Waals surface area contributed by atoms with Crippen molar-refractivity contribution < 1.29 is 19.7 Å². The van der Waals surface area contributed by atoms with Crippen LogP contribution in [0.2, 0.25) is 0 Å². The van der Waals surface area contributed by atoms with E-state index in [4.69, 9.17) is 9.47 Å². The zero-order valence-corrected chi connectivity index (χ0v) is 9.22. The number of hydrogen-bond acceptors (Lipinski definition) is 4. The highest BCUT2D eigenvalue weighted by atomic mass is 16.5. The van der Waals surface area contributed by atoms with Gasteiger partial charge in [-0.2, -0.15) is 0 Å². The lowest BCUT2D eigenvalue weighted by molar-refractivity contribution is 0.218. The lowest BCUT2D eigenvalue weighted by Gasteiger charge is -2.22. The number of hydrogen-bond donors (Lipinski definition) is 2. The van der Waals surface area contributed by atoms with E-state index in [1.807, 2.05) is 0 Å². The smallest absolute Gasteiger partial charge is 0.171 e. The number of aliphatic hydroxyl groups is 2. The average Bonchev–Trinajstić information content (AvgIpc) is 3.13.